The first-order valence-corrected chi connectivity index (χ1v) is 7.69. The highest BCUT2D eigenvalue weighted by Gasteiger charge is 2.16. The minimum Gasteiger partial charge on any atom is -0.493 e. The molecule has 114 valence electrons. The standard InChI is InChI=1S/C15H19NO4S/c1-18-12-8-11(9-13(19-2)15(12)20-3)4-5-14(17)16-6-7-21-10-16/h4-5,8-9H,6-7,10H2,1-3H3/b5-4+. The molecule has 1 aliphatic heterocycles. The molecule has 1 aromatic rings. The fourth-order valence-corrected chi connectivity index (χ4v) is 3.01. The van der Waals surface area contributed by atoms with Crippen molar-refractivity contribution >= 4 is 23.7 Å². The van der Waals surface area contributed by atoms with E-state index >= 15 is 0 Å². The topological polar surface area (TPSA) is 48.0 Å². The van der Waals surface area contributed by atoms with Crippen LogP contribution in [0.1, 0.15) is 5.56 Å². The molecule has 1 aromatic carbocycles. The normalized spacial score (nSPS) is 14.5. The molecule has 1 aliphatic rings. The van der Waals surface area contributed by atoms with E-state index in [1.54, 1.807) is 45.2 Å². The average molecular weight is 309 g/mol. The maximum absolute atomic E-state index is 12.0. The number of carbonyl (C=O) groups is 1. The van der Waals surface area contributed by atoms with Gasteiger partial charge in [-0.2, -0.15) is 0 Å². The highest BCUT2D eigenvalue weighted by molar-refractivity contribution is 7.99. The molecule has 1 heterocycles. The predicted molar refractivity (Wildman–Crippen MR) is 84.2 cm³/mol. The van der Waals surface area contributed by atoms with Crippen LogP contribution in [0.15, 0.2) is 18.2 Å². The number of hydrogen-bond donors (Lipinski definition) is 0. The summed E-state index contributed by atoms with van der Waals surface area (Å²) in [6, 6.07) is 3.62. The molecular formula is C15H19NO4S. The maximum Gasteiger partial charge on any atom is 0.247 e. The van der Waals surface area contributed by atoms with Crippen molar-refractivity contribution in [3.05, 3.63) is 23.8 Å². The van der Waals surface area contributed by atoms with E-state index in [4.69, 9.17) is 14.2 Å². The van der Waals surface area contributed by atoms with Gasteiger partial charge < -0.3 is 19.1 Å². The van der Waals surface area contributed by atoms with Gasteiger partial charge in [0.1, 0.15) is 0 Å². The van der Waals surface area contributed by atoms with Gasteiger partial charge >= 0.3 is 0 Å². The molecule has 6 heteroatoms. The molecule has 0 saturated carbocycles. The lowest BCUT2D eigenvalue weighted by atomic mass is 10.1. The summed E-state index contributed by atoms with van der Waals surface area (Å²) in [7, 11) is 4.69. The van der Waals surface area contributed by atoms with Crippen molar-refractivity contribution in [3.8, 4) is 17.2 Å². The van der Waals surface area contributed by atoms with E-state index < -0.39 is 0 Å². The quantitative estimate of drug-likeness (QED) is 0.781. The van der Waals surface area contributed by atoms with Crippen LogP contribution in [0.5, 0.6) is 17.2 Å². The Morgan fingerprint density at radius 1 is 1.19 bits per heavy atom. The Labute approximate surface area is 128 Å². The fourth-order valence-electron chi connectivity index (χ4n) is 2.06. The third kappa shape index (κ3) is 3.64. The summed E-state index contributed by atoms with van der Waals surface area (Å²) in [6.45, 7) is 0.809. The minimum atomic E-state index is 0.0220. The van der Waals surface area contributed by atoms with Crippen molar-refractivity contribution in [2.24, 2.45) is 0 Å². The van der Waals surface area contributed by atoms with Gasteiger partial charge in [0.25, 0.3) is 0 Å². The summed E-state index contributed by atoms with van der Waals surface area (Å²) < 4.78 is 15.8. The Hall–Kier alpha value is -1.82. The highest BCUT2D eigenvalue weighted by Crippen LogP contribution is 2.38. The first-order chi connectivity index (χ1) is 10.2. The molecule has 0 bridgehead atoms. The number of amides is 1. The van der Waals surface area contributed by atoms with Gasteiger partial charge in [0.2, 0.25) is 11.7 Å². The van der Waals surface area contributed by atoms with Crippen LogP contribution < -0.4 is 14.2 Å². The van der Waals surface area contributed by atoms with E-state index in [-0.39, 0.29) is 5.91 Å². The van der Waals surface area contributed by atoms with Crippen LogP contribution in [0, 0.1) is 0 Å². The van der Waals surface area contributed by atoms with Crippen LogP contribution >= 0.6 is 11.8 Å². The van der Waals surface area contributed by atoms with E-state index in [1.807, 2.05) is 17.0 Å². The van der Waals surface area contributed by atoms with E-state index in [0.717, 1.165) is 23.7 Å². The predicted octanol–water partition coefficient (Wildman–Crippen LogP) is 2.26. The average Bonchev–Trinajstić information content (AvgIpc) is 3.05. The number of rotatable bonds is 5. The Balaban J connectivity index is 2.21. The molecule has 1 amide bonds. The van der Waals surface area contributed by atoms with Crippen molar-refractivity contribution in [2.45, 2.75) is 0 Å². The van der Waals surface area contributed by atoms with Crippen LogP contribution in [0.3, 0.4) is 0 Å². The molecule has 0 N–H and O–H groups in total. The maximum atomic E-state index is 12.0. The molecule has 0 aliphatic carbocycles. The van der Waals surface area contributed by atoms with Crippen LogP contribution in [0.25, 0.3) is 6.08 Å². The third-order valence-corrected chi connectivity index (χ3v) is 4.14. The largest absolute Gasteiger partial charge is 0.493 e. The molecule has 0 spiro atoms. The molecule has 1 fully saturated rings. The second-order valence-electron chi connectivity index (χ2n) is 4.43. The van der Waals surface area contributed by atoms with Gasteiger partial charge in [-0.1, -0.05) is 0 Å². The summed E-state index contributed by atoms with van der Waals surface area (Å²) in [5.74, 6) is 3.47. The van der Waals surface area contributed by atoms with Crippen LogP contribution in [0.2, 0.25) is 0 Å². The summed E-state index contributed by atoms with van der Waals surface area (Å²) >= 11 is 1.76. The Bertz CT molecular complexity index is 513. The Morgan fingerprint density at radius 2 is 1.86 bits per heavy atom. The van der Waals surface area contributed by atoms with Crippen molar-refractivity contribution in [3.63, 3.8) is 0 Å². The summed E-state index contributed by atoms with van der Waals surface area (Å²) in [6.07, 6.45) is 3.34. The van der Waals surface area contributed by atoms with Crippen molar-refractivity contribution in [1.29, 1.82) is 0 Å². The smallest absolute Gasteiger partial charge is 0.247 e. The van der Waals surface area contributed by atoms with E-state index in [9.17, 15) is 4.79 Å². The van der Waals surface area contributed by atoms with E-state index in [1.165, 1.54) is 0 Å². The molecule has 5 nitrogen and oxygen atoms in total. The van der Waals surface area contributed by atoms with Crippen molar-refractivity contribution in [1.82, 2.24) is 4.90 Å². The number of ether oxygens (including phenoxy) is 3. The molecule has 2 rings (SSSR count). The lowest BCUT2D eigenvalue weighted by Gasteiger charge is -2.13. The number of benzene rings is 1. The van der Waals surface area contributed by atoms with E-state index in [2.05, 4.69) is 0 Å². The number of carbonyl (C=O) groups excluding carboxylic acids is 1. The first kappa shape index (κ1) is 15.6. The van der Waals surface area contributed by atoms with Gasteiger partial charge in [-0.05, 0) is 23.8 Å². The zero-order valence-corrected chi connectivity index (χ0v) is 13.2. The third-order valence-electron chi connectivity index (χ3n) is 3.17. The zero-order chi connectivity index (χ0) is 15.2. The van der Waals surface area contributed by atoms with Gasteiger partial charge in [0, 0.05) is 18.4 Å². The monoisotopic (exact) mass is 309 g/mol. The van der Waals surface area contributed by atoms with Gasteiger partial charge in [-0.25, -0.2) is 0 Å². The molecule has 0 atom stereocenters. The SMILES string of the molecule is COc1cc(/C=C/C(=O)N2CCSC2)cc(OC)c1OC. The second-order valence-corrected chi connectivity index (χ2v) is 5.51. The summed E-state index contributed by atoms with van der Waals surface area (Å²) in [4.78, 5) is 13.8. The van der Waals surface area contributed by atoms with Gasteiger partial charge in [-0.15, -0.1) is 11.8 Å². The van der Waals surface area contributed by atoms with Crippen molar-refractivity contribution < 1.29 is 19.0 Å². The fraction of sp³-hybridized carbons (Fsp3) is 0.400. The minimum absolute atomic E-state index is 0.0220. The highest BCUT2D eigenvalue weighted by atomic mass is 32.2. The molecule has 0 aromatic heterocycles. The second kappa shape index (κ2) is 7.26. The molecule has 0 unspecified atom stereocenters. The Morgan fingerprint density at radius 3 is 2.33 bits per heavy atom. The summed E-state index contributed by atoms with van der Waals surface area (Å²) in [5, 5.41) is 0. The van der Waals surface area contributed by atoms with Gasteiger partial charge in [0.05, 0.1) is 27.2 Å². The summed E-state index contributed by atoms with van der Waals surface area (Å²) in [5.41, 5.74) is 0.824. The lowest BCUT2D eigenvalue weighted by molar-refractivity contribution is -0.124. The van der Waals surface area contributed by atoms with E-state index in [0.29, 0.717) is 17.2 Å². The first-order valence-electron chi connectivity index (χ1n) is 6.54. The number of methoxy groups -OCH3 is 3. The van der Waals surface area contributed by atoms with Crippen LogP contribution in [-0.4, -0.2) is 50.3 Å². The Kier molecular flexibility index (Phi) is 5.38. The zero-order valence-electron chi connectivity index (χ0n) is 12.4. The van der Waals surface area contributed by atoms with Gasteiger partial charge in [0.15, 0.2) is 11.5 Å². The molecule has 21 heavy (non-hydrogen) atoms. The number of nitrogens with zero attached hydrogens (tertiary/aromatic N) is 1. The van der Waals surface area contributed by atoms with Gasteiger partial charge in [-0.3, -0.25) is 4.79 Å². The van der Waals surface area contributed by atoms with Crippen LogP contribution in [0.4, 0.5) is 0 Å². The van der Waals surface area contributed by atoms with Crippen molar-refractivity contribution in [2.75, 3.05) is 39.5 Å². The molecule has 0 radical (unpaired) electrons. The molecular weight excluding hydrogens is 290 g/mol. The number of thioether (sulfide) groups is 1. The number of hydrogen-bond acceptors (Lipinski definition) is 5. The molecule has 1 saturated heterocycles. The van der Waals surface area contributed by atoms with Crippen LogP contribution in [-0.2, 0) is 4.79 Å². The lowest BCUT2D eigenvalue weighted by Crippen LogP contribution is -2.25.